The van der Waals surface area contributed by atoms with Crippen LogP contribution in [0.5, 0.6) is 0 Å². The van der Waals surface area contributed by atoms with E-state index in [9.17, 15) is 0 Å². The van der Waals surface area contributed by atoms with Gasteiger partial charge in [-0.2, -0.15) is 0 Å². The maximum Gasteiger partial charge on any atom is 0.144 e. The van der Waals surface area contributed by atoms with Crippen LogP contribution in [0.15, 0.2) is 4.47 Å². The van der Waals surface area contributed by atoms with Crippen LogP contribution in [0.4, 0.5) is 5.82 Å². The number of anilines is 1. The van der Waals surface area contributed by atoms with Crippen molar-refractivity contribution in [1.82, 2.24) is 9.97 Å². The average molecular weight is 360 g/mol. The van der Waals surface area contributed by atoms with Gasteiger partial charge in [-0.1, -0.05) is 41.0 Å². The standard InChI is InChI=1S/C15H26BrN3S/c1-6-8-11-13(16)14(17-9-7-2)19-12(18-11)10-20-15(3,4)5/h6-10H2,1-5H3,(H,17,18,19). The highest BCUT2D eigenvalue weighted by atomic mass is 79.9. The van der Waals surface area contributed by atoms with Gasteiger partial charge in [-0.3, -0.25) is 0 Å². The summed E-state index contributed by atoms with van der Waals surface area (Å²) >= 11 is 5.53. The summed E-state index contributed by atoms with van der Waals surface area (Å²) < 4.78 is 1.26. The lowest BCUT2D eigenvalue weighted by atomic mass is 10.2. The molecule has 3 nitrogen and oxygen atoms in total. The number of nitrogens with one attached hydrogen (secondary N) is 1. The lowest BCUT2D eigenvalue weighted by molar-refractivity contribution is 0.796. The van der Waals surface area contributed by atoms with Crippen LogP contribution in [0.3, 0.4) is 0 Å². The molecule has 0 saturated heterocycles. The van der Waals surface area contributed by atoms with Crippen molar-refractivity contribution in [3.8, 4) is 0 Å². The number of halogens is 1. The van der Waals surface area contributed by atoms with E-state index in [1.165, 1.54) is 0 Å². The summed E-state index contributed by atoms with van der Waals surface area (Å²) in [6.07, 6.45) is 3.16. The summed E-state index contributed by atoms with van der Waals surface area (Å²) in [4.78, 5) is 9.38. The zero-order chi connectivity index (χ0) is 15.2. The second-order valence-corrected chi connectivity index (χ2v) is 8.42. The van der Waals surface area contributed by atoms with E-state index < -0.39 is 0 Å². The summed E-state index contributed by atoms with van der Waals surface area (Å²) in [7, 11) is 0. The third kappa shape index (κ3) is 6.00. The van der Waals surface area contributed by atoms with Crippen LogP contribution in [0, 0.1) is 0 Å². The molecular weight excluding hydrogens is 334 g/mol. The van der Waals surface area contributed by atoms with Crippen molar-refractivity contribution in [2.75, 3.05) is 11.9 Å². The Kier molecular flexibility index (Phi) is 7.30. The molecule has 0 aromatic carbocycles. The number of thioether (sulfide) groups is 1. The SMILES string of the molecule is CCCNc1nc(CSC(C)(C)C)nc(CCC)c1Br. The van der Waals surface area contributed by atoms with E-state index in [0.717, 1.165) is 53.4 Å². The molecule has 0 spiro atoms. The first-order chi connectivity index (χ1) is 9.37. The van der Waals surface area contributed by atoms with Gasteiger partial charge < -0.3 is 5.32 Å². The summed E-state index contributed by atoms with van der Waals surface area (Å²) in [5.41, 5.74) is 1.12. The van der Waals surface area contributed by atoms with E-state index in [2.05, 4.69) is 60.8 Å². The van der Waals surface area contributed by atoms with Gasteiger partial charge in [0.15, 0.2) is 0 Å². The first-order valence-corrected chi connectivity index (χ1v) is 9.08. The Labute approximate surface area is 135 Å². The first kappa shape index (κ1) is 17.8. The maximum atomic E-state index is 4.72. The molecule has 0 aliphatic rings. The summed E-state index contributed by atoms with van der Waals surface area (Å²) in [5.74, 6) is 2.72. The van der Waals surface area contributed by atoms with Crippen LogP contribution in [-0.4, -0.2) is 21.3 Å². The van der Waals surface area contributed by atoms with Crippen LogP contribution in [0.25, 0.3) is 0 Å². The van der Waals surface area contributed by atoms with Crippen LogP contribution in [-0.2, 0) is 12.2 Å². The zero-order valence-corrected chi connectivity index (χ0v) is 15.6. The molecule has 1 aromatic rings. The molecule has 0 unspecified atom stereocenters. The van der Waals surface area contributed by atoms with E-state index in [4.69, 9.17) is 4.98 Å². The maximum absolute atomic E-state index is 4.72. The lowest BCUT2D eigenvalue weighted by Gasteiger charge is -2.18. The van der Waals surface area contributed by atoms with Crippen LogP contribution < -0.4 is 5.32 Å². The van der Waals surface area contributed by atoms with E-state index in [0.29, 0.717) is 0 Å². The lowest BCUT2D eigenvalue weighted by Crippen LogP contribution is -2.12. The first-order valence-electron chi connectivity index (χ1n) is 7.30. The van der Waals surface area contributed by atoms with Crippen molar-refractivity contribution in [3.63, 3.8) is 0 Å². The van der Waals surface area contributed by atoms with Crippen molar-refractivity contribution in [2.45, 2.75) is 64.4 Å². The fourth-order valence-corrected chi connectivity index (χ4v) is 2.86. The fraction of sp³-hybridized carbons (Fsp3) is 0.733. The van der Waals surface area contributed by atoms with E-state index in [1.54, 1.807) is 0 Å². The van der Waals surface area contributed by atoms with Gasteiger partial charge in [0.1, 0.15) is 11.6 Å². The summed E-state index contributed by atoms with van der Waals surface area (Å²) in [6.45, 7) is 11.9. The van der Waals surface area contributed by atoms with Crippen molar-refractivity contribution in [1.29, 1.82) is 0 Å². The third-order valence-corrected chi connectivity index (χ3v) is 4.73. The number of hydrogen-bond donors (Lipinski definition) is 1. The molecule has 0 saturated carbocycles. The van der Waals surface area contributed by atoms with E-state index in [1.807, 2.05) is 11.8 Å². The second kappa shape index (κ2) is 8.23. The highest BCUT2D eigenvalue weighted by Crippen LogP contribution is 2.29. The Hall–Kier alpha value is -0.290. The van der Waals surface area contributed by atoms with Crippen molar-refractivity contribution >= 4 is 33.5 Å². The molecule has 0 aliphatic heterocycles. The van der Waals surface area contributed by atoms with Crippen molar-refractivity contribution < 1.29 is 0 Å². The second-order valence-electron chi connectivity index (χ2n) is 5.83. The monoisotopic (exact) mass is 359 g/mol. The van der Waals surface area contributed by atoms with Crippen molar-refractivity contribution in [2.24, 2.45) is 0 Å². The molecule has 0 bridgehead atoms. The van der Waals surface area contributed by atoms with Gasteiger partial charge in [-0.15, -0.1) is 11.8 Å². The smallest absolute Gasteiger partial charge is 0.144 e. The molecule has 1 rings (SSSR count). The highest BCUT2D eigenvalue weighted by molar-refractivity contribution is 9.10. The molecule has 0 aliphatic carbocycles. The molecule has 0 radical (unpaired) electrons. The minimum atomic E-state index is 0.234. The highest BCUT2D eigenvalue weighted by Gasteiger charge is 2.15. The number of hydrogen-bond acceptors (Lipinski definition) is 4. The molecule has 5 heteroatoms. The molecule has 1 N–H and O–H groups in total. The Balaban J connectivity index is 2.95. The van der Waals surface area contributed by atoms with E-state index >= 15 is 0 Å². The minimum Gasteiger partial charge on any atom is -0.369 e. The molecule has 20 heavy (non-hydrogen) atoms. The van der Waals surface area contributed by atoms with Crippen LogP contribution >= 0.6 is 27.7 Å². The minimum absolute atomic E-state index is 0.234. The number of nitrogens with zero attached hydrogens (tertiary/aromatic N) is 2. The quantitative estimate of drug-likeness (QED) is 0.739. The Bertz CT molecular complexity index is 430. The zero-order valence-electron chi connectivity index (χ0n) is 13.2. The Morgan fingerprint density at radius 3 is 2.40 bits per heavy atom. The number of rotatable bonds is 7. The van der Waals surface area contributed by atoms with Gasteiger partial charge in [0.25, 0.3) is 0 Å². The molecular formula is C15H26BrN3S. The Morgan fingerprint density at radius 1 is 1.15 bits per heavy atom. The molecule has 1 heterocycles. The fourth-order valence-electron chi connectivity index (χ4n) is 1.65. The van der Waals surface area contributed by atoms with Gasteiger partial charge in [0, 0.05) is 11.3 Å². The van der Waals surface area contributed by atoms with Gasteiger partial charge in [0.2, 0.25) is 0 Å². The van der Waals surface area contributed by atoms with Gasteiger partial charge in [-0.05, 0) is 28.8 Å². The van der Waals surface area contributed by atoms with Crippen LogP contribution in [0.2, 0.25) is 0 Å². The van der Waals surface area contributed by atoms with Gasteiger partial charge in [-0.25, -0.2) is 9.97 Å². The normalized spacial score (nSPS) is 11.7. The molecule has 0 amide bonds. The largest absolute Gasteiger partial charge is 0.369 e. The predicted molar refractivity (Wildman–Crippen MR) is 93.6 cm³/mol. The van der Waals surface area contributed by atoms with Crippen molar-refractivity contribution in [3.05, 3.63) is 16.0 Å². The Morgan fingerprint density at radius 2 is 1.85 bits per heavy atom. The summed E-state index contributed by atoms with van der Waals surface area (Å²) in [5, 5.41) is 3.39. The van der Waals surface area contributed by atoms with Crippen LogP contribution in [0.1, 0.15) is 59.0 Å². The van der Waals surface area contributed by atoms with Gasteiger partial charge >= 0.3 is 0 Å². The average Bonchev–Trinajstić information content (AvgIpc) is 2.37. The van der Waals surface area contributed by atoms with Gasteiger partial charge in [0.05, 0.1) is 15.9 Å². The molecule has 0 fully saturated rings. The van der Waals surface area contributed by atoms with E-state index in [-0.39, 0.29) is 4.75 Å². The molecule has 1 aromatic heterocycles. The molecule has 0 atom stereocenters. The predicted octanol–water partition coefficient (Wildman–Crippen LogP) is 5.05. The topological polar surface area (TPSA) is 37.8 Å². The third-order valence-electron chi connectivity index (χ3n) is 2.63. The summed E-state index contributed by atoms with van der Waals surface area (Å²) in [6, 6.07) is 0. The number of aromatic nitrogens is 2. The number of aryl methyl sites for hydroxylation is 1. The molecule has 114 valence electrons.